The molecule has 8 heteroatoms. The van der Waals surface area contributed by atoms with Crippen LogP contribution in [0.25, 0.3) is 0 Å². The van der Waals surface area contributed by atoms with Crippen molar-refractivity contribution in [2.75, 3.05) is 7.11 Å². The third kappa shape index (κ3) is 15.4. The van der Waals surface area contributed by atoms with E-state index in [9.17, 15) is 29.4 Å². The summed E-state index contributed by atoms with van der Waals surface area (Å²) >= 11 is 0. The molecule has 0 rings (SSSR count). The Bertz CT molecular complexity index is 810. The van der Waals surface area contributed by atoms with Crippen LogP contribution >= 0.6 is 0 Å². The number of ketones is 3. The smallest absolute Gasteiger partial charge is 0.327 e. The van der Waals surface area contributed by atoms with E-state index in [1.165, 1.54) is 21.0 Å². The first-order valence-corrected chi connectivity index (χ1v) is 12.9. The van der Waals surface area contributed by atoms with Crippen molar-refractivity contribution in [2.45, 2.75) is 97.9 Å². The molecule has 0 aliphatic heterocycles. The van der Waals surface area contributed by atoms with Gasteiger partial charge in [0, 0.05) is 44.3 Å². The normalized spacial score (nSPS) is 16.6. The fourth-order valence-electron chi connectivity index (χ4n) is 4.31. The van der Waals surface area contributed by atoms with Crippen LogP contribution in [0.15, 0.2) is 36.0 Å². The molecule has 0 radical (unpaired) electrons. The topological polar surface area (TPSA) is 138 Å². The average Bonchev–Trinajstić information content (AvgIpc) is 2.80. The molecular formula is C29H46O8. The first-order chi connectivity index (χ1) is 17.3. The van der Waals surface area contributed by atoms with E-state index < -0.39 is 36.1 Å². The Labute approximate surface area is 221 Å². The van der Waals surface area contributed by atoms with Crippen LogP contribution < -0.4 is 0 Å². The van der Waals surface area contributed by atoms with Gasteiger partial charge in [0.25, 0.3) is 0 Å². The molecule has 0 aromatic heterocycles. The van der Waals surface area contributed by atoms with Gasteiger partial charge in [0.15, 0.2) is 0 Å². The SMILES string of the molecule is COC(/C=C/CC/C=C/C(=O)O)C(O)C(C)C(O)/C(C)=C/C(C)C(=O)CCCC(CC(C)=O)CC(C)=O. The van der Waals surface area contributed by atoms with Crippen LogP contribution in [0.5, 0.6) is 0 Å². The van der Waals surface area contributed by atoms with Crippen molar-refractivity contribution < 1.29 is 39.2 Å². The summed E-state index contributed by atoms with van der Waals surface area (Å²) in [6.07, 6.45) is 8.54. The monoisotopic (exact) mass is 522 g/mol. The number of carbonyl (C=O) groups excluding carboxylic acids is 3. The van der Waals surface area contributed by atoms with Crippen LogP contribution in [0.3, 0.4) is 0 Å². The maximum Gasteiger partial charge on any atom is 0.327 e. The van der Waals surface area contributed by atoms with Crippen molar-refractivity contribution in [3.8, 4) is 0 Å². The molecule has 37 heavy (non-hydrogen) atoms. The molecule has 0 fully saturated rings. The molecule has 8 nitrogen and oxygen atoms in total. The summed E-state index contributed by atoms with van der Waals surface area (Å²) in [6.45, 7) is 8.20. The Kier molecular flexibility index (Phi) is 17.5. The van der Waals surface area contributed by atoms with E-state index >= 15 is 0 Å². The van der Waals surface area contributed by atoms with Crippen molar-refractivity contribution in [2.24, 2.45) is 17.8 Å². The molecule has 0 aliphatic carbocycles. The number of aliphatic hydroxyl groups excluding tert-OH is 2. The minimum atomic E-state index is -1.00. The Morgan fingerprint density at radius 2 is 1.49 bits per heavy atom. The zero-order valence-electron chi connectivity index (χ0n) is 23.2. The third-order valence-electron chi connectivity index (χ3n) is 6.41. The van der Waals surface area contributed by atoms with E-state index in [1.807, 2.05) is 0 Å². The van der Waals surface area contributed by atoms with E-state index in [2.05, 4.69) is 0 Å². The molecule has 0 aliphatic rings. The maximum absolute atomic E-state index is 12.6. The molecule has 0 saturated heterocycles. The van der Waals surface area contributed by atoms with Crippen LogP contribution in [0.2, 0.25) is 0 Å². The third-order valence-corrected chi connectivity index (χ3v) is 6.41. The standard InChI is InChI=1S/C29H46O8/c1-19(25(32)13-11-12-24(17-21(3)30)18-22(4)31)16-20(2)28(35)23(5)29(36)26(37-6)14-9-7-8-10-15-27(33)34/h9-10,14-16,19,23-24,26,28-29,35-36H,7-8,11-13,17-18H2,1-6H3,(H,33,34)/b14-9+,15-10+,20-16+. The van der Waals surface area contributed by atoms with Crippen molar-refractivity contribution in [1.82, 2.24) is 0 Å². The van der Waals surface area contributed by atoms with Crippen LogP contribution in [-0.2, 0) is 23.9 Å². The van der Waals surface area contributed by atoms with Gasteiger partial charge in [-0.1, -0.05) is 38.2 Å². The first-order valence-electron chi connectivity index (χ1n) is 12.9. The number of aliphatic carboxylic acids is 1. The Morgan fingerprint density at radius 3 is 2.00 bits per heavy atom. The van der Waals surface area contributed by atoms with Crippen LogP contribution in [0.1, 0.15) is 79.6 Å². The summed E-state index contributed by atoms with van der Waals surface area (Å²) in [4.78, 5) is 46.0. The van der Waals surface area contributed by atoms with Gasteiger partial charge in [0.05, 0.1) is 12.2 Å². The number of ether oxygens (including phenoxy) is 1. The number of allylic oxidation sites excluding steroid dienone is 3. The molecule has 0 aromatic carbocycles. The number of unbranched alkanes of at least 4 members (excludes halogenated alkanes) is 1. The minimum Gasteiger partial charge on any atom is -0.478 e. The van der Waals surface area contributed by atoms with Gasteiger partial charge in [-0.15, -0.1) is 0 Å². The van der Waals surface area contributed by atoms with Gasteiger partial charge < -0.3 is 29.6 Å². The Morgan fingerprint density at radius 1 is 0.919 bits per heavy atom. The number of aliphatic hydroxyl groups is 2. The van der Waals surface area contributed by atoms with E-state index in [4.69, 9.17) is 9.84 Å². The Hall–Kier alpha value is -2.42. The molecule has 3 N–H and O–H groups in total. The van der Waals surface area contributed by atoms with Gasteiger partial charge in [-0.05, 0) is 57.9 Å². The number of carboxylic acids is 1. The number of hydrogen-bond acceptors (Lipinski definition) is 7. The lowest BCUT2D eigenvalue weighted by atomic mass is 9.87. The van der Waals surface area contributed by atoms with Crippen molar-refractivity contribution in [3.05, 3.63) is 36.0 Å². The molecule has 0 heterocycles. The maximum atomic E-state index is 12.6. The molecule has 0 aromatic rings. The van der Waals surface area contributed by atoms with E-state index in [0.29, 0.717) is 50.5 Å². The molecule has 0 saturated carbocycles. The van der Waals surface area contributed by atoms with Crippen molar-refractivity contribution in [1.29, 1.82) is 0 Å². The van der Waals surface area contributed by atoms with Crippen molar-refractivity contribution in [3.63, 3.8) is 0 Å². The van der Waals surface area contributed by atoms with Gasteiger partial charge in [-0.2, -0.15) is 0 Å². The van der Waals surface area contributed by atoms with Crippen LogP contribution in [0, 0.1) is 17.8 Å². The number of carbonyl (C=O) groups is 4. The molecule has 0 amide bonds. The molecule has 0 spiro atoms. The summed E-state index contributed by atoms with van der Waals surface area (Å²) in [5.74, 6) is -1.95. The largest absolute Gasteiger partial charge is 0.478 e. The lowest BCUT2D eigenvalue weighted by Crippen LogP contribution is -2.39. The van der Waals surface area contributed by atoms with Gasteiger partial charge in [-0.3, -0.25) is 4.79 Å². The molecule has 210 valence electrons. The van der Waals surface area contributed by atoms with E-state index in [0.717, 1.165) is 6.08 Å². The predicted molar refractivity (Wildman–Crippen MR) is 143 cm³/mol. The number of methoxy groups -OCH3 is 1. The van der Waals surface area contributed by atoms with Gasteiger partial charge >= 0.3 is 5.97 Å². The first kappa shape index (κ1) is 34.6. The Balaban J connectivity index is 4.92. The highest BCUT2D eigenvalue weighted by atomic mass is 16.5. The fourth-order valence-corrected chi connectivity index (χ4v) is 4.31. The summed E-state index contributed by atoms with van der Waals surface area (Å²) in [5.41, 5.74) is 0.580. The predicted octanol–water partition coefficient (Wildman–Crippen LogP) is 4.23. The highest BCUT2D eigenvalue weighted by Crippen LogP contribution is 2.23. The zero-order chi connectivity index (χ0) is 28.5. The lowest BCUT2D eigenvalue weighted by Gasteiger charge is -2.29. The molecule has 5 atom stereocenters. The van der Waals surface area contributed by atoms with Crippen molar-refractivity contribution >= 4 is 23.3 Å². The molecule has 0 bridgehead atoms. The lowest BCUT2D eigenvalue weighted by molar-refractivity contribution is -0.131. The van der Waals surface area contributed by atoms with Crippen LogP contribution in [-0.4, -0.2) is 64.1 Å². The van der Waals surface area contributed by atoms with Crippen LogP contribution in [0.4, 0.5) is 0 Å². The number of Topliss-reactive ketones (excluding diaryl/α,β-unsaturated/α-hetero) is 3. The van der Waals surface area contributed by atoms with Gasteiger partial charge in [-0.25, -0.2) is 4.79 Å². The average molecular weight is 523 g/mol. The highest BCUT2D eigenvalue weighted by Gasteiger charge is 2.29. The summed E-state index contributed by atoms with van der Waals surface area (Å²) in [6, 6.07) is 0. The summed E-state index contributed by atoms with van der Waals surface area (Å²) < 4.78 is 5.36. The molecule has 5 unspecified atom stereocenters. The second kappa shape index (κ2) is 18.8. The second-order valence-electron chi connectivity index (χ2n) is 9.98. The minimum absolute atomic E-state index is 0.0128. The number of hydrogen-bond donors (Lipinski definition) is 3. The second-order valence-corrected chi connectivity index (χ2v) is 9.98. The van der Waals surface area contributed by atoms with E-state index in [-0.39, 0.29) is 23.3 Å². The number of rotatable bonds is 20. The van der Waals surface area contributed by atoms with Gasteiger partial charge in [0.2, 0.25) is 0 Å². The molecular weight excluding hydrogens is 476 g/mol. The summed E-state index contributed by atoms with van der Waals surface area (Å²) in [5, 5.41) is 30.1. The zero-order valence-corrected chi connectivity index (χ0v) is 23.2. The number of carboxylic acid groups (broad SMARTS) is 1. The summed E-state index contributed by atoms with van der Waals surface area (Å²) in [7, 11) is 1.46. The quantitative estimate of drug-likeness (QED) is 0.123. The van der Waals surface area contributed by atoms with E-state index in [1.54, 1.807) is 45.1 Å². The van der Waals surface area contributed by atoms with Gasteiger partial charge in [0.1, 0.15) is 23.5 Å². The highest BCUT2D eigenvalue weighted by molar-refractivity contribution is 5.82. The fraction of sp³-hybridized carbons (Fsp3) is 0.655.